The van der Waals surface area contributed by atoms with Crippen molar-refractivity contribution in [2.45, 2.75) is 63.0 Å². The SMILES string of the molecule is O[C@H]1C2=C(CC1(F)F)/[N+](=C/C1CCC[C@@H](OC(F)F)C1)N=C2C(F)(F)F. The number of aliphatic hydroxyl groups excluding tert-OH is 1. The van der Waals surface area contributed by atoms with E-state index >= 15 is 0 Å². The third-order valence-electron chi connectivity index (χ3n) is 4.71. The molecule has 0 aromatic rings. The van der Waals surface area contributed by atoms with Crippen molar-refractivity contribution in [1.82, 2.24) is 0 Å². The Morgan fingerprint density at radius 2 is 1.96 bits per heavy atom. The molecule has 0 amide bonds. The van der Waals surface area contributed by atoms with Crippen LogP contribution in [0.15, 0.2) is 16.4 Å². The molecule has 3 atom stereocenters. The van der Waals surface area contributed by atoms with Gasteiger partial charge >= 0.3 is 12.8 Å². The standard InChI is InChI=1S/C15H16F7N2O2/c16-13(17)26-8-3-1-2-7(4-8)6-24-9-5-14(18,19)12(25)10(9)11(23-24)15(20,21)22/h6-8,12-13,25H,1-5H2/q+1/b24-6-/t7?,8-,12+/m1/s1. The summed E-state index contributed by atoms with van der Waals surface area (Å²) in [4.78, 5) is 0. The second-order valence-electron chi connectivity index (χ2n) is 6.59. The second kappa shape index (κ2) is 6.59. The average Bonchev–Trinajstić information content (AvgIpc) is 2.94. The first-order chi connectivity index (χ1) is 12.0. The Morgan fingerprint density at radius 3 is 2.58 bits per heavy atom. The van der Waals surface area contributed by atoms with E-state index in [0.29, 0.717) is 19.3 Å². The molecule has 0 saturated heterocycles. The Hall–Kier alpha value is -1.49. The molecule has 146 valence electrons. The number of alkyl halides is 7. The molecule has 1 heterocycles. The van der Waals surface area contributed by atoms with Gasteiger partial charge in [0.2, 0.25) is 11.4 Å². The van der Waals surface area contributed by atoms with Crippen LogP contribution >= 0.6 is 0 Å². The van der Waals surface area contributed by atoms with Gasteiger partial charge in [0, 0.05) is 11.0 Å². The maximum atomic E-state index is 13.7. The van der Waals surface area contributed by atoms with Gasteiger partial charge in [-0.05, 0) is 19.3 Å². The van der Waals surface area contributed by atoms with Crippen molar-refractivity contribution in [3.05, 3.63) is 11.3 Å². The predicted molar refractivity (Wildman–Crippen MR) is 75.2 cm³/mol. The Morgan fingerprint density at radius 1 is 1.27 bits per heavy atom. The fourth-order valence-corrected chi connectivity index (χ4v) is 3.59. The molecule has 1 unspecified atom stereocenters. The summed E-state index contributed by atoms with van der Waals surface area (Å²) in [5.41, 5.74) is -2.88. The summed E-state index contributed by atoms with van der Waals surface area (Å²) >= 11 is 0. The van der Waals surface area contributed by atoms with E-state index in [1.54, 1.807) is 0 Å². The van der Waals surface area contributed by atoms with Crippen molar-refractivity contribution >= 4 is 11.9 Å². The van der Waals surface area contributed by atoms with Gasteiger partial charge in [0.15, 0.2) is 12.3 Å². The number of rotatable bonds is 3. The van der Waals surface area contributed by atoms with Gasteiger partial charge in [-0.3, -0.25) is 0 Å². The summed E-state index contributed by atoms with van der Waals surface area (Å²) in [5, 5.41) is 12.9. The van der Waals surface area contributed by atoms with Gasteiger partial charge in [-0.2, -0.15) is 22.0 Å². The summed E-state index contributed by atoms with van der Waals surface area (Å²) < 4.78 is 96.6. The van der Waals surface area contributed by atoms with Gasteiger partial charge in [-0.15, -0.1) is 0 Å². The molecule has 0 aromatic heterocycles. The zero-order valence-electron chi connectivity index (χ0n) is 13.3. The van der Waals surface area contributed by atoms with E-state index in [-0.39, 0.29) is 6.42 Å². The van der Waals surface area contributed by atoms with E-state index in [1.165, 1.54) is 6.21 Å². The molecule has 1 N–H and O–H groups in total. The van der Waals surface area contributed by atoms with Crippen LogP contribution in [0.2, 0.25) is 0 Å². The van der Waals surface area contributed by atoms with Crippen LogP contribution in [0.4, 0.5) is 30.7 Å². The topological polar surface area (TPSA) is 44.8 Å². The van der Waals surface area contributed by atoms with Crippen molar-refractivity contribution in [1.29, 1.82) is 0 Å². The number of hydrogen-bond donors (Lipinski definition) is 1. The smallest absolute Gasteiger partial charge is 0.382 e. The second-order valence-corrected chi connectivity index (χ2v) is 6.59. The van der Waals surface area contributed by atoms with Crippen LogP contribution in [0, 0.1) is 5.92 Å². The first-order valence-corrected chi connectivity index (χ1v) is 8.02. The van der Waals surface area contributed by atoms with Crippen molar-refractivity contribution in [3.8, 4) is 0 Å². The Labute approximate surface area is 143 Å². The van der Waals surface area contributed by atoms with Crippen LogP contribution < -0.4 is 0 Å². The molecule has 1 aliphatic heterocycles. The molecule has 11 heteroatoms. The Bertz CT molecular complexity index is 669. The molecule has 4 nitrogen and oxygen atoms in total. The highest BCUT2D eigenvalue weighted by Gasteiger charge is 2.62. The number of allylic oxidation sites excluding steroid dienone is 1. The highest BCUT2D eigenvalue weighted by molar-refractivity contribution is 6.06. The minimum absolute atomic E-state index is 0.124. The fourth-order valence-electron chi connectivity index (χ4n) is 3.59. The monoisotopic (exact) mass is 389 g/mol. The molecule has 0 aromatic carbocycles. The van der Waals surface area contributed by atoms with E-state index in [2.05, 4.69) is 9.84 Å². The first-order valence-electron chi connectivity index (χ1n) is 8.02. The fraction of sp³-hybridized carbons (Fsp3) is 0.733. The number of aliphatic hydroxyl groups is 1. The minimum Gasteiger partial charge on any atom is -0.382 e. The van der Waals surface area contributed by atoms with Crippen LogP contribution in [-0.4, -0.2) is 52.6 Å². The van der Waals surface area contributed by atoms with Gasteiger partial charge in [0.05, 0.1) is 11.7 Å². The number of hydrazone groups is 1. The molecule has 0 bridgehead atoms. The number of ether oxygens (including phenoxy) is 1. The molecule has 26 heavy (non-hydrogen) atoms. The average molecular weight is 389 g/mol. The summed E-state index contributed by atoms with van der Waals surface area (Å²) in [7, 11) is 0. The molecule has 0 radical (unpaired) electrons. The van der Waals surface area contributed by atoms with Crippen LogP contribution in [0.1, 0.15) is 32.1 Å². The maximum absolute atomic E-state index is 13.7. The molecule has 1 saturated carbocycles. The van der Waals surface area contributed by atoms with E-state index in [1.807, 2.05) is 0 Å². The normalized spacial score (nSPS) is 33.2. The lowest BCUT2D eigenvalue weighted by Gasteiger charge is -2.25. The van der Waals surface area contributed by atoms with Crippen molar-refractivity contribution < 1.29 is 45.3 Å². The van der Waals surface area contributed by atoms with Crippen molar-refractivity contribution in [2.24, 2.45) is 11.0 Å². The van der Waals surface area contributed by atoms with E-state index in [9.17, 15) is 35.8 Å². The highest BCUT2D eigenvalue weighted by Crippen LogP contribution is 2.46. The van der Waals surface area contributed by atoms with Crippen LogP contribution in [0.3, 0.4) is 0 Å². The van der Waals surface area contributed by atoms with Crippen molar-refractivity contribution in [3.63, 3.8) is 0 Å². The molecule has 2 aliphatic carbocycles. The largest absolute Gasteiger partial charge is 0.439 e. The van der Waals surface area contributed by atoms with Gasteiger partial charge in [0.1, 0.15) is 6.42 Å². The molecule has 1 fully saturated rings. The molecule has 3 aliphatic rings. The highest BCUT2D eigenvalue weighted by atomic mass is 19.4. The lowest BCUT2D eigenvalue weighted by molar-refractivity contribution is -0.480. The minimum atomic E-state index is -5.00. The van der Waals surface area contributed by atoms with Gasteiger partial charge in [-0.25, -0.2) is 8.78 Å². The summed E-state index contributed by atoms with van der Waals surface area (Å²) in [6.07, 6.45) is -6.70. The van der Waals surface area contributed by atoms with Crippen LogP contribution in [0.5, 0.6) is 0 Å². The lowest BCUT2D eigenvalue weighted by Crippen LogP contribution is -2.36. The van der Waals surface area contributed by atoms with Gasteiger partial charge in [-0.1, -0.05) is 11.1 Å². The van der Waals surface area contributed by atoms with E-state index in [4.69, 9.17) is 0 Å². The molecular weight excluding hydrogens is 373 g/mol. The van der Waals surface area contributed by atoms with E-state index in [0.717, 1.165) is 4.68 Å². The summed E-state index contributed by atoms with van der Waals surface area (Å²) in [5.74, 6) is -4.18. The maximum Gasteiger partial charge on any atom is 0.439 e. The zero-order valence-corrected chi connectivity index (χ0v) is 13.3. The third-order valence-corrected chi connectivity index (χ3v) is 4.71. The number of hydrogen-bond acceptors (Lipinski definition) is 3. The zero-order chi connectivity index (χ0) is 19.3. The summed E-state index contributed by atoms with van der Waals surface area (Å²) in [6.45, 7) is -2.96. The van der Waals surface area contributed by atoms with Gasteiger partial charge in [0.25, 0.3) is 5.92 Å². The van der Waals surface area contributed by atoms with Gasteiger partial charge < -0.3 is 9.84 Å². The first kappa shape index (κ1) is 19.3. The Kier molecular flexibility index (Phi) is 4.89. The molecule has 0 spiro atoms. The Balaban J connectivity index is 1.88. The molecule has 3 rings (SSSR count). The van der Waals surface area contributed by atoms with E-state index < -0.39 is 60.2 Å². The van der Waals surface area contributed by atoms with Crippen LogP contribution in [-0.2, 0) is 4.74 Å². The third kappa shape index (κ3) is 3.64. The number of nitrogens with zero attached hydrogens (tertiary/aromatic N) is 2. The van der Waals surface area contributed by atoms with Crippen LogP contribution in [0.25, 0.3) is 0 Å². The predicted octanol–water partition coefficient (Wildman–Crippen LogP) is 3.45. The lowest BCUT2D eigenvalue weighted by atomic mass is 9.88. The van der Waals surface area contributed by atoms with Crippen molar-refractivity contribution in [2.75, 3.05) is 0 Å². The quantitative estimate of drug-likeness (QED) is 0.594. The molecular formula is C15H16F7N2O2+. The summed E-state index contributed by atoms with van der Waals surface area (Å²) in [6, 6.07) is 0. The number of halogens is 7.